The van der Waals surface area contributed by atoms with Crippen LogP contribution in [0.3, 0.4) is 0 Å². The van der Waals surface area contributed by atoms with Crippen LogP contribution in [-0.2, 0) is 11.0 Å². The number of aromatic nitrogens is 1. The Bertz CT molecular complexity index is 373. The number of nitrogens with zero attached hydrogens (tertiary/aromatic N) is 1. The average molecular weight is 244 g/mol. The van der Waals surface area contributed by atoms with E-state index in [9.17, 15) is 8.60 Å². The van der Waals surface area contributed by atoms with Crippen molar-refractivity contribution in [3.63, 3.8) is 0 Å². The molecule has 0 aliphatic heterocycles. The summed E-state index contributed by atoms with van der Waals surface area (Å²) >= 11 is 0. The third kappa shape index (κ3) is 3.64. The molecule has 16 heavy (non-hydrogen) atoms. The van der Waals surface area contributed by atoms with Crippen molar-refractivity contribution in [2.24, 2.45) is 0 Å². The summed E-state index contributed by atoms with van der Waals surface area (Å²) in [6.07, 6.45) is 1.16. The lowest BCUT2D eigenvalue weighted by atomic mass is 10.2. The highest BCUT2D eigenvalue weighted by atomic mass is 32.2. The van der Waals surface area contributed by atoms with E-state index in [-0.39, 0.29) is 16.6 Å². The first-order valence-electron chi connectivity index (χ1n) is 5.10. The van der Waals surface area contributed by atoms with Crippen LogP contribution in [-0.4, -0.2) is 13.9 Å². The lowest BCUT2D eigenvalue weighted by molar-refractivity contribution is 0.600. The summed E-state index contributed by atoms with van der Waals surface area (Å²) in [5, 5.41) is 0. The summed E-state index contributed by atoms with van der Waals surface area (Å²) in [6, 6.07) is 2.77. The third-order valence-corrected chi connectivity index (χ3v) is 3.71. The summed E-state index contributed by atoms with van der Waals surface area (Å²) in [5.41, 5.74) is 0.680. The topological polar surface area (TPSA) is 42.0 Å². The minimum atomic E-state index is -1.16. The van der Waals surface area contributed by atoms with Crippen LogP contribution in [0.4, 0.5) is 4.39 Å². The van der Waals surface area contributed by atoms with E-state index >= 15 is 0 Å². The Hall–Kier alpha value is -0.810. The molecule has 0 spiro atoms. The van der Waals surface area contributed by atoms with Gasteiger partial charge in [-0.2, -0.15) is 0 Å². The van der Waals surface area contributed by atoms with Crippen molar-refractivity contribution in [3.8, 4) is 0 Å². The largest absolute Gasteiger partial charge is 0.257 e. The monoisotopic (exact) mass is 244 g/mol. The number of hydrogen-bond acceptors (Lipinski definition) is 2. The Morgan fingerprint density at radius 3 is 2.50 bits per heavy atom. The molecular weight excluding hydrogens is 227 g/mol. The van der Waals surface area contributed by atoms with E-state index in [1.165, 1.54) is 6.07 Å². The second-order valence-corrected chi connectivity index (χ2v) is 6.62. The summed E-state index contributed by atoms with van der Waals surface area (Å²) in [6.45, 7) is 7.52. The smallest absolute Gasteiger partial charge is 0.141 e. The number of hydrogen-bond donors (Lipinski definition) is 1. The lowest BCUT2D eigenvalue weighted by Crippen LogP contribution is -2.35. The molecular formula is C11H17FN2OS. The molecule has 5 heteroatoms. The first kappa shape index (κ1) is 13.3. The molecule has 1 unspecified atom stereocenters. The fraction of sp³-hybridized carbons (Fsp3) is 0.545. The summed E-state index contributed by atoms with van der Waals surface area (Å²) in [4.78, 5) is 3.94. The number of pyridine rings is 1. The highest BCUT2D eigenvalue weighted by molar-refractivity contribution is 7.84. The number of halogens is 1. The van der Waals surface area contributed by atoms with Crippen LogP contribution < -0.4 is 4.72 Å². The van der Waals surface area contributed by atoms with E-state index in [2.05, 4.69) is 9.71 Å². The van der Waals surface area contributed by atoms with Gasteiger partial charge in [0.25, 0.3) is 0 Å². The van der Waals surface area contributed by atoms with Gasteiger partial charge in [0.15, 0.2) is 0 Å². The van der Waals surface area contributed by atoms with Crippen LogP contribution in [0.15, 0.2) is 18.3 Å². The zero-order valence-corrected chi connectivity index (χ0v) is 10.8. The molecule has 0 aromatic carbocycles. The standard InChI is InChI=1S/C11H17FN2OS/c1-8(14-16(15)11(2,3)4)10-6-5-9(12)7-13-10/h5-8,14H,1-4H3/t8-,16?/m0/s1. The van der Waals surface area contributed by atoms with E-state index in [1.807, 2.05) is 27.7 Å². The maximum absolute atomic E-state index is 12.7. The first-order chi connectivity index (χ1) is 7.30. The van der Waals surface area contributed by atoms with Gasteiger partial charge < -0.3 is 0 Å². The van der Waals surface area contributed by atoms with Crippen LogP contribution in [0.1, 0.15) is 39.4 Å². The average Bonchev–Trinajstić information content (AvgIpc) is 2.17. The van der Waals surface area contributed by atoms with Crippen LogP contribution >= 0.6 is 0 Å². The maximum atomic E-state index is 12.7. The van der Waals surface area contributed by atoms with Crippen molar-refractivity contribution in [3.05, 3.63) is 29.8 Å². The second-order valence-electron chi connectivity index (χ2n) is 4.62. The molecule has 1 aromatic rings. The van der Waals surface area contributed by atoms with E-state index in [0.29, 0.717) is 5.69 Å². The molecule has 1 heterocycles. The molecule has 0 radical (unpaired) electrons. The maximum Gasteiger partial charge on any atom is 0.141 e. The summed E-state index contributed by atoms with van der Waals surface area (Å²) < 4.78 is 27.1. The minimum Gasteiger partial charge on any atom is -0.257 e. The predicted molar refractivity (Wildman–Crippen MR) is 63.6 cm³/mol. The molecule has 1 aromatic heterocycles. The van der Waals surface area contributed by atoms with Crippen LogP contribution in [0, 0.1) is 5.82 Å². The predicted octanol–water partition coefficient (Wildman–Crippen LogP) is 2.33. The Labute approximate surface area is 98.1 Å². The molecule has 0 aliphatic rings. The van der Waals surface area contributed by atoms with Gasteiger partial charge in [-0.3, -0.25) is 4.98 Å². The van der Waals surface area contributed by atoms with Crippen molar-refractivity contribution >= 4 is 11.0 Å². The Morgan fingerprint density at radius 2 is 2.06 bits per heavy atom. The zero-order valence-electron chi connectivity index (χ0n) is 9.95. The van der Waals surface area contributed by atoms with Crippen LogP contribution in [0.25, 0.3) is 0 Å². The van der Waals surface area contributed by atoms with E-state index in [0.717, 1.165) is 6.20 Å². The fourth-order valence-electron chi connectivity index (χ4n) is 1.04. The number of rotatable bonds is 3. The van der Waals surface area contributed by atoms with Crippen molar-refractivity contribution in [1.29, 1.82) is 0 Å². The highest BCUT2D eigenvalue weighted by Crippen LogP contribution is 2.15. The molecule has 1 rings (SSSR count). The number of nitrogens with one attached hydrogen (secondary N) is 1. The van der Waals surface area contributed by atoms with Gasteiger partial charge in [0.1, 0.15) is 5.82 Å². The third-order valence-electron chi connectivity index (χ3n) is 2.03. The van der Waals surface area contributed by atoms with Gasteiger partial charge in [-0.1, -0.05) is 0 Å². The van der Waals surface area contributed by atoms with Crippen molar-refractivity contribution in [1.82, 2.24) is 9.71 Å². The Morgan fingerprint density at radius 1 is 1.44 bits per heavy atom. The zero-order chi connectivity index (χ0) is 12.3. The van der Waals surface area contributed by atoms with Crippen molar-refractivity contribution in [2.75, 3.05) is 0 Å². The van der Waals surface area contributed by atoms with E-state index in [4.69, 9.17) is 0 Å². The van der Waals surface area contributed by atoms with Gasteiger partial charge >= 0.3 is 0 Å². The summed E-state index contributed by atoms with van der Waals surface area (Å²) in [7, 11) is -1.16. The van der Waals surface area contributed by atoms with Crippen LogP contribution in [0.2, 0.25) is 0 Å². The lowest BCUT2D eigenvalue weighted by Gasteiger charge is -2.21. The second kappa shape index (κ2) is 5.01. The SMILES string of the molecule is C[C@H](NS(=O)C(C)(C)C)c1ccc(F)cn1. The molecule has 0 saturated heterocycles. The van der Waals surface area contributed by atoms with Crippen LogP contribution in [0.5, 0.6) is 0 Å². The quantitative estimate of drug-likeness (QED) is 0.886. The highest BCUT2D eigenvalue weighted by Gasteiger charge is 2.21. The van der Waals surface area contributed by atoms with Crippen molar-refractivity contribution in [2.45, 2.75) is 38.5 Å². The van der Waals surface area contributed by atoms with Gasteiger partial charge in [0.2, 0.25) is 0 Å². The Balaban J connectivity index is 2.69. The molecule has 0 amide bonds. The molecule has 3 nitrogen and oxygen atoms in total. The first-order valence-corrected chi connectivity index (χ1v) is 6.25. The van der Waals surface area contributed by atoms with Gasteiger partial charge in [-0.05, 0) is 39.8 Å². The van der Waals surface area contributed by atoms with Gasteiger partial charge in [-0.15, -0.1) is 0 Å². The summed E-state index contributed by atoms with van der Waals surface area (Å²) in [5.74, 6) is -0.368. The molecule has 0 aliphatic carbocycles. The fourth-order valence-corrected chi connectivity index (χ4v) is 1.84. The Kier molecular flexibility index (Phi) is 4.15. The molecule has 90 valence electrons. The van der Waals surface area contributed by atoms with E-state index < -0.39 is 11.0 Å². The molecule has 0 bridgehead atoms. The molecule has 0 saturated carbocycles. The molecule has 1 N–H and O–H groups in total. The van der Waals surface area contributed by atoms with Gasteiger partial charge in [-0.25, -0.2) is 13.3 Å². The van der Waals surface area contributed by atoms with Gasteiger partial charge in [0, 0.05) is 0 Å². The van der Waals surface area contributed by atoms with E-state index in [1.54, 1.807) is 6.07 Å². The molecule has 0 fully saturated rings. The van der Waals surface area contributed by atoms with Gasteiger partial charge in [0.05, 0.1) is 33.7 Å². The van der Waals surface area contributed by atoms with Crippen molar-refractivity contribution < 1.29 is 8.60 Å². The normalized spacial score (nSPS) is 15.8. The molecule has 2 atom stereocenters. The minimum absolute atomic E-state index is 0.166.